The van der Waals surface area contributed by atoms with Crippen LogP contribution in [-0.4, -0.2) is 37.5 Å². The second kappa shape index (κ2) is 5.43. The lowest BCUT2D eigenvalue weighted by Gasteiger charge is -2.36. The van der Waals surface area contributed by atoms with E-state index in [1.54, 1.807) is 0 Å². The summed E-state index contributed by atoms with van der Waals surface area (Å²) in [5, 5.41) is 0. The summed E-state index contributed by atoms with van der Waals surface area (Å²) in [6, 6.07) is 10.5. The van der Waals surface area contributed by atoms with E-state index in [0.717, 1.165) is 45.7 Å². The maximum Gasteiger partial charge on any atom is 0.124 e. The molecule has 3 heteroatoms. The summed E-state index contributed by atoms with van der Waals surface area (Å²) in [7, 11) is 0. The van der Waals surface area contributed by atoms with E-state index < -0.39 is 0 Å². The van der Waals surface area contributed by atoms with Gasteiger partial charge in [0.25, 0.3) is 0 Å². The summed E-state index contributed by atoms with van der Waals surface area (Å²) >= 11 is 0. The molecule has 102 valence electrons. The molecule has 2 aliphatic heterocycles. The molecule has 2 heterocycles. The molecule has 1 atom stereocenters. The molecule has 0 radical (unpaired) electrons. The fraction of sp³-hybridized carbons (Fsp3) is 0.562. The monoisotopic (exact) mass is 259 g/mol. The van der Waals surface area contributed by atoms with E-state index in [1.165, 1.54) is 11.8 Å². The molecular formula is C16H21NO2. The Morgan fingerprint density at radius 3 is 2.68 bits per heavy atom. The van der Waals surface area contributed by atoms with Crippen LogP contribution >= 0.6 is 0 Å². The Hall–Kier alpha value is -1.19. The zero-order chi connectivity index (χ0) is 13.1. The van der Waals surface area contributed by atoms with Crippen LogP contribution in [0.25, 0.3) is 0 Å². The maximum absolute atomic E-state index is 11.4. The molecule has 3 nitrogen and oxygen atoms in total. The largest absolute Gasteiger partial charge is 0.381 e. The highest BCUT2D eigenvalue weighted by Crippen LogP contribution is 2.43. The predicted molar refractivity (Wildman–Crippen MR) is 73.8 cm³/mol. The van der Waals surface area contributed by atoms with Crippen LogP contribution < -0.4 is 0 Å². The highest BCUT2D eigenvalue weighted by atomic mass is 16.5. The normalized spacial score (nSPS) is 26.6. The zero-order valence-corrected chi connectivity index (χ0v) is 11.3. The van der Waals surface area contributed by atoms with E-state index >= 15 is 0 Å². The Morgan fingerprint density at radius 2 is 2.00 bits per heavy atom. The van der Waals surface area contributed by atoms with E-state index in [2.05, 4.69) is 29.2 Å². The van der Waals surface area contributed by atoms with Gasteiger partial charge in [0.05, 0.1) is 0 Å². The summed E-state index contributed by atoms with van der Waals surface area (Å²) in [6.07, 6.45) is 3.24. The van der Waals surface area contributed by atoms with E-state index in [4.69, 9.17) is 4.74 Å². The molecule has 0 aliphatic carbocycles. The summed E-state index contributed by atoms with van der Waals surface area (Å²) in [5.41, 5.74) is 1.51. The number of likely N-dealkylation sites (tertiary alicyclic amines) is 1. The summed E-state index contributed by atoms with van der Waals surface area (Å²) < 4.78 is 5.47. The fourth-order valence-electron chi connectivity index (χ4n) is 3.56. The number of hydrogen-bond donors (Lipinski definition) is 0. The van der Waals surface area contributed by atoms with Gasteiger partial charge in [0, 0.05) is 38.8 Å². The number of carbonyl (C=O) groups excluding carboxylic acids is 1. The lowest BCUT2D eigenvalue weighted by atomic mass is 9.73. The topological polar surface area (TPSA) is 29.5 Å². The summed E-state index contributed by atoms with van der Waals surface area (Å²) in [4.78, 5) is 13.8. The zero-order valence-electron chi connectivity index (χ0n) is 11.3. The van der Waals surface area contributed by atoms with Crippen LogP contribution in [0.4, 0.5) is 0 Å². The lowest BCUT2D eigenvalue weighted by molar-refractivity contribution is -0.115. The first-order chi connectivity index (χ1) is 9.32. The van der Waals surface area contributed by atoms with Gasteiger partial charge < -0.3 is 9.53 Å². The number of nitrogens with zero attached hydrogens (tertiary/aromatic N) is 1. The second-order valence-corrected chi connectivity index (χ2v) is 5.87. The quantitative estimate of drug-likeness (QED) is 0.779. The molecule has 1 aromatic carbocycles. The Morgan fingerprint density at radius 1 is 1.26 bits per heavy atom. The molecule has 1 aromatic rings. The highest BCUT2D eigenvalue weighted by Gasteiger charge is 2.46. The summed E-state index contributed by atoms with van der Waals surface area (Å²) in [6.45, 7) is 4.51. The molecule has 2 saturated heterocycles. The molecular weight excluding hydrogens is 238 g/mol. The van der Waals surface area contributed by atoms with Gasteiger partial charge in [0.15, 0.2) is 0 Å². The number of aldehydes is 1. The van der Waals surface area contributed by atoms with Crippen molar-refractivity contribution in [2.75, 3.05) is 26.3 Å². The van der Waals surface area contributed by atoms with Gasteiger partial charge in [-0.3, -0.25) is 4.90 Å². The van der Waals surface area contributed by atoms with Gasteiger partial charge in [0.1, 0.15) is 6.29 Å². The minimum atomic E-state index is 0.175. The van der Waals surface area contributed by atoms with Gasteiger partial charge in [-0.25, -0.2) is 0 Å². The maximum atomic E-state index is 11.4. The minimum absolute atomic E-state index is 0.175. The standard InChI is InChI=1S/C16H21NO2/c18-12-15-11-17(10-14-4-2-1-3-5-14)13-16(15)6-8-19-9-7-16/h1-5,12,15H,6-11,13H2. The van der Waals surface area contributed by atoms with Crippen molar-refractivity contribution in [3.8, 4) is 0 Å². The van der Waals surface area contributed by atoms with Gasteiger partial charge in [-0.15, -0.1) is 0 Å². The van der Waals surface area contributed by atoms with Crippen molar-refractivity contribution in [1.29, 1.82) is 0 Å². The molecule has 2 fully saturated rings. The van der Waals surface area contributed by atoms with E-state index in [9.17, 15) is 4.79 Å². The van der Waals surface area contributed by atoms with Gasteiger partial charge in [-0.2, -0.15) is 0 Å². The van der Waals surface area contributed by atoms with E-state index in [1.807, 2.05) is 6.07 Å². The van der Waals surface area contributed by atoms with Crippen molar-refractivity contribution in [1.82, 2.24) is 4.90 Å². The van der Waals surface area contributed by atoms with Crippen molar-refractivity contribution in [2.24, 2.45) is 11.3 Å². The first-order valence-electron chi connectivity index (χ1n) is 7.12. The predicted octanol–water partition coefficient (Wildman–Crippen LogP) is 2.11. The van der Waals surface area contributed by atoms with Crippen molar-refractivity contribution in [3.63, 3.8) is 0 Å². The highest BCUT2D eigenvalue weighted by molar-refractivity contribution is 5.56. The molecule has 0 bridgehead atoms. The molecule has 0 amide bonds. The van der Waals surface area contributed by atoms with Crippen molar-refractivity contribution < 1.29 is 9.53 Å². The molecule has 1 unspecified atom stereocenters. The second-order valence-electron chi connectivity index (χ2n) is 5.87. The van der Waals surface area contributed by atoms with Crippen LogP contribution in [-0.2, 0) is 16.1 Å². The Bertz CT molecular complexity index is 426. The molecule has 2 aliphatic rings. The lowest BCUT2D eigenvalue weighted by Crippen LogP contribution is -2.37. The van der Waals surface area contributed by atoms with Crippen LogP contribution in [0.5, 0.6) is 0 Å². The van der Waals surface area contributed by atoms with Crippen LogP contribution in [0.2, 0.25) is 0 Å². The minimum Gasteiger partial charge on any atom is -0.381 e. The van der Waals surface area contributed by atoms with E-state index in [0.29, 0.717) is 0 Å². The van der Waals surface area contributed by atoms with Crippen molar-refractivity contribution >= 4 is 6.29 Å². The summed E-state index contributed by atoms with van der Waals surface area (Å²) in [5.74, 6) is 0.181. The first-order valence-corrected chi connectivity index (χ1v) is 7.12. The number of carbonyl (C=O) groups is 1. The van der Waals surface area contributed by atoms with Gasteiger partial charge in [-0.1, -0.05) is 30.3 Å². The Kier molecular flexibility index (Phi) is 3.67. The van der Waals surface area contributed by atoms with Crippen molar-refractivity contribution in [3.05, 3.63) is 35.9 Å². The van der Waals surface area contributed by atoms with Gasteiger partial charge in [0.2, 0.25) is 0 Å². The number of hydrogen-bond acceptors (Lipinski definition) is 3. The molecule has 3 rings (SSSR count). The first kappa shape index (κ1) is 12.8. The van der Waals surface area contributed by atoms with Crippen LogP contribution in [0, 0.1) is 11.3 Å². The number of ether oxygens (including phenoxy) is 1. The van der Waals surface area contributed by atoms with Crippen LogP contribution in [0.3, 0.4) is 0 Å². The Labute approximate surface area is 114 Å². The third kappa shape index (κ3) is 2.58. The van der Waals surface area contributed by atoms with Crippen molar-refractivity contribution in [2.45, 2.75) is 19.4 Å². The van der Waals surface area contributed by atoms with Crippen LogP contribution in [0.1, 0.15) is 18.4 Å². The smallest absolute Gasteiger partial charge is 0.124 e. The SMILES string of the molecule is O=CC1CN(Cc2ccccc2)CC12CCOCC2. The average molecular weight is 259 g/mol. The third-order valence-electron chi connectivity index (χ3n) is 4.68. The molecule has 19 heavy (non-hydrogen) atoms. The molecule has 0 saturated carbocycles. The molecule has 0 N–H and O–H groups in total. The van der Waals surface area contributed by atoms with Gasteiger partial charge >= 0.3 is 0 Å². The van der Waals surface area contributed by atoms with Gasteiger partial charge in [-0.05, 0) is 23.8 Å². The number of benzene rings is 1. The van der Waals surface area contributed by atoms with Crippen LogP contribution in [0.15, 0.2) is 30.3 Å². The fourth-order valence-corrected chi connectivity index (χ4v) is 3.56. The molecule has 0 aromatic heterocycles. The number of rotatable bonds is 3. The van der Waals surface area contributed by atoms with E-state index in [-0.39, 0.29) is 11.3 Å². The Balaban J connectivity index is 1.71. The third-order valence-corrected chi connectivity index (χ3v) is 4.68. The average Bonchev–Trinajstić information content (AvgIpc) is 2.78. The molecule has 1 spiro atoms.